The summed E-state index contributed by atoms with van der Waals surface area (Å²) in [5.74, 6) is 5.34. The van der Waals surface area contributed by atoms with Crippen molar-refractivity contribution in [3.8, 4) is 11.8 Å². The molecule has 0 fully saturated rings. The van der Waals surface area contributed by atoms with Crippen molar-refractivity contribution in [3.63, 3.8) is 0 Å². The molecule has 0 radical (unpaired) electrons. The van der Waals surface area contributed by atoms with Gasteiger partial charge in [-0.25, -0.2) is 4.98 Å². The van der Waals surface area contributed by atoms with Gasteiger partial charge in [-0.2, -0.15) is 0 Å². The Labute approximate surface area is 86.9 Å². The fourth-order valence-corrected chi connectivity index (χ4v) is 0.954. The lowest BCUT2D eigenvalue weighted by Crippen LogP contribution is -1.94. The van der Waals surface area contributed by atoms with Crippen LogP contribution in [-0.2, 0) is 0 Å². The first-order valence-electron chi connectivity index (χ1n) is 4.45. The number of hydrogen-bond acceptors (Lipinski definition) is 4. The van der Waals surface area contributed by atoms with Gasteiger partial charge in [0.05, 0.1) is 4.92 Å². The zero-order chi connectivity index (χ0) is 11.1. The lowest BCUT2D eigenvalue weighted by Gasteiger charge is -1.92. The Morgan fingerprint density at radius 2 is 2.40 bits per heavy atom. The molecule has 0 atom stereocenters. The smallest absolute Gasteiger partial charge is 0.303 e. The predicted molar refractivity (Wildman–Crippen MR) is 54.1 cm³/mol. The van der Waals surface area contributed by atoms with Crippen molar-refractivity contribution >= 4 is 5.69 Å². The van der Waals surface area contributed by atoms with E-state index in [2.05, 4.69) is 16.8 Å². The van der Waals surface area contributed by atoms with Crippen LogP contribution in [0.3, 0.4) is 0 Å². The number of pyridine rings is 1. The molecule has 1 rings (SSSR count). The van der Waals surface area contributed by atoms with Crippen LogP contribution in [0.4, 0.5) is 5.69 Å². The predicted octanol–water partition coefficient (Wildman–Crippen LogP) is 1.11. The normalized spacial score (nSPS) is 9.13. The van der Waals surface area contributed by atoms with E-state index in [1.165, 1.54) is 18.3 Å². The van der Waals surface area contributed by atoms with Gasteiger partial charge < -0.3 is 5.11 Å². The molecular formula is C10H10N2O3. The van der Waals surface area contributed by atoms with Gasteiger partial charge in [0.2, 0.25) is 0 Å². The van der Waals surface area contributed by atoms with Gasteiger partial charge in [0.1, 0.15) is 0 Å². The molecule has 0 aliphatic carbocycles. The van der Waals surface area contributed by atoms with E-state index in [1.807, 2.05) is 0 Å². The molecule has 1 aromatic rings. The molecule has 0 saturated carbocycles. The van der Waals surface area contributed by atoms with E-state index in [9.17, 15) is 10.1 Å². The van der Waals surface area contributed by atoms with Crippen molar-refractivity contribution in [2.45, 2.75) is 12.8 Å². The Morgan fingerprint density at radius 1 is 1.60 bits per heavy atom. The number of aromatic nitrogens is 1. The van der Waals surface area contributed by atoms with Crippen LogP contribution in [0, 0.1) is 22.0 Å². The van der Waals surface area contributed by atoms with E-state index in [0.717, 1.165) is 0 Å². The van der Waals surface area contributed by atoms with Crippen molar-refractivity contribution in [1.82, 2.24) is 4.98 Å². The van der Waals surface area contributed by atoms with E-state index >= 15 is 0 Å². The molecule has 0 aromatic carbocycles. The highest BCUT2D eigenvalue weighted by Crippen LogP contribution is 2.13. The molecule has 0 aliphatic heterocycles. The second-order valence-corrected chi connectivity index (χ2v) is 2.76. The lowest BCUT2D eigenvalue weighted by atomic mass is 10.2. The molecule has 0 amide bonds. The second-order valence-electron chi connectivity index (χ2n) is 2.76. The first-order chi connectivity index (χ1) is 7.25. The third-order valence-electron chi connectivity index (χ3n) is 1.65. The van der Waals surface area contributed by atoms with E-state index in [1.54, 1.807) is 0 Å². The Balaban J connectivity index is 2.83. The molecule has 5 nitrogen and oxygen atoms in total. The molecule has 78 valence electrons. The molecule has 0 aliphatic rings. The Morgan fingerprint density at radius 3 is 3.07 bits per heavy atom. The highest BCUT2D eigenvalue weighted by Gasteiger charge is 2.10. The average molecular weight is 206 g/mol. The van der Waals surface area contributed by atoms with E-state index in [4.69, 9.17) is 5.11 Å². The minimum absolute atomic E-state index is 0.0684. The summed E-state index contributed by atoms with van der Waals surface area (Å²) >= 11 is 0. The minimum Gasteiger partial charge on any atom is -0.396 e. The van der Waals surface area contributed by atoms with Gasteiger partial charge in [0.15, 0.2) is 5.69 Å². The first-order valence-corrected chi connectivity index (χ1v) is 4.45. The van der Waals surface area contributed by atoms with Gasteiger partial charge in [-0.15, -0.1) is 0 Å². The molecule has 1 heterocycles. The van der Waals surface area contributed by atoms with Crippen LogP contribution in [0.1, 0.15) is 18.5 Å². The van der Waals surface area contributed by atoms with E-state index < -0.39 is 4.92 Å². The van der Waals surface area contributed by atoms with Gasteiger partial charge in [-0.05, 0) is 18.4 Å². The highest BCUT2D eigenvalue weighted by atomic mass is 16.6. The largest absolute Gasteiger partial charge is 0.396 e. The number of unbranched alkanes of at least 4 members (excludes halogenated alkanes) is 1. The summed E-state index contributed by atoms with van der Waals surface area (Å²) in [6.45, 7) is 0.0684. The number of nitrogens with zero attached hydrogens (tertiary/aromatic N) is 2. The lowest BCUT2D eigenvalue weighted by molar-refractivity contribution is -0.385. The number of nitro groups is 1. The van der Waals surface area contributed by atoms with E-state index in [0.29, 0.717) is 12.8 Å². The summed E-state index contributed by atoms with van der Waals surface area (Å²) in [6, 6.07) is 2.86. The SMILES string of the molecule is O=[N+]([O-])c1cccnc1C#CCCCO. The third kappa shape index (κ3) is 3.37. The van der Waals surface area contributed by atoms with Crippen molar-refractivity contribution < 1.29 is 10.0 Å². The summed E-state index contributed by atoms with van der Waals surface area (Å²) in [6.07, 6.45) is 2.53. The topological polar surface area (TPSA) is 76.3 Å². The fraction of sp³-hybridized carbons (Fsp3) is 0.300. The third-order valence-corrected chi connectivity index (χ3v) is 1.65. The molecule has 0 spiro atoms. The number of aliphatic hydroxyl groups is 1. The van der Waals surface area contributed by atoms with Crippen LogP contribution < -0.4 is 0 Å². The summed E-state index contributed by atoms with van der Waals surface area (Å²) in [4.78, 5) is 13.9. The second kappa shape index (κ2) is 5.73. The zero-order valence-electron chi connectivity index (χ0n) is 8.01. The maximum absolute atomic E-state index is 10.6. The Hall–Kier alpha value is -1.93. The molecule has 1 N–H and O–H groups in total. The Kier molecular flexibility index (Phi) is 4.26. The molecule has 15 heavy (non-hydrogen) atoms. The summed E-state index contributed by atoms with van der Waals surface area (Å²) < 4.78 is 0. The van der Waals surface area contributed by atoms with Crippen LogP contribution >= 0.6 is 0 Å². The average Bonchev–Trinajstić information content (AvgIpc) is 2.25. The van der Waals surface area contributed by atoms with Crippen molar-refractivity contribution in [3.05, 3.63) is 34.1 Å². The van der Waals surface area contributed by atoms with E-state index in [-0.39, 0.29) is 18.0 Å². The van der Waals surface area contributed by atoms with Crippen molar-refractivity contribution in [2.24, 2.45) is 0 Å². The summed E-state index contributed by atoms with van der Waals surface area (Å²) in [5, 5.41) is 19.1. The standard InChI is InChI=1S/C10H10N2O3/c13-8-3-1-2-5-9-10(12(14)15)6-4-7-11-9/h4,6-7,13H,1,3,8H2. The van der Waals surface area contributed by atoms with Gasteiger partial charge in [0.25, 0.3) is 0 Å². The summed E-state index contributed by atoms with van der Waals surface area (Å²) in [7, 11) is 0. The first kappa shape index (κ1) is 11.1. The highest BCUT2D eigenvalue weighted by molar-refractivity contribution is 5.45. The number of rotatable bonds is 3. The molecule has 0 unspecified atom stereocenters. The van der Waals surface area contributed by atoms with Crippen LogP contribution in [0.2, 0.25) is 0 Å². The van der Waals surface area contributed by atoms with Gasteiger partial charge in [0, 0.05) is 25.3 Å². The van der Waals surface area contributed by atoms with Crippen molar-refractivity contribution in [1.29, 1.82) is 0 Å². The Bertz CT molecular complexity index is 407. The number of aliphatic hydroxyl groups excluding tert-OH is 1. The minimum atomic E-state index is -0.511. The molecule has 0 bridgehead atoms. The van der Waals surface area contributed by atoms with Gasteiger partial charge in [-0.3, -0.25) is 10.1 Å². The molecule has 5 heteroatoms. The zero-order valence-corrected chi connectivity index (χ0v) is 8.01. The maximum atomic E-state index is 10.6. The van der Waals surface area contributed by atoms with Crippen LogP contribution in [0.25, 0.3) is 0 Å². The van der Waals surface area contributed by atoms with Crippen LogP contribution in [-0.4, -0.2) is 21.6 Å². The molecule has 0 saturated heterocycles. The molecular weight excluding hydrogens is 196 g/mol. The fourth-order valence-electron chi connectivity index (χ4n) is 0.954. The van der Waals surface area contributed by atoms with Crippen molar-refractivity contribution in [2.75, 3.05) is 6.61 Å². The quantitative estimate of drug-likeness (QED) is 0.348. The van der Waals surface area contributed by atoms with Crippen LogP contribution in [0.15, 0.2) is 18.3 Å². The van der Waals surface area contributed by atoms with Gasteiger partial charge in [-0.1, -0.05) is 5.92 Å². The van der Waals surface area contributed by atoms with Crippen LogP contribution in [0.5, 0.6) is 0 Å². The number of hydrogen-bond donors (Lipinski definition) is 1. The summed E-state index contributed by atoms with van der Waals surface area (Å²) in [5.41, 5.74) is 0.0782. The monoisotopic (exact) mass is 206 g/mol. The van der Waals surface area contributed by atoms with Gasteiger partial charge >= 0.3 is 5.69 Å². The molecule has 1 aromatic heterocycles. The maximum Gasteiger partial charge on any atom is 0.303 e.